The fourth-order valence-electron chi connectivity index (χ4n) is 3.48. The Hall–Kier alpha value is -2.38. The monoisotopic (exact) mass is 405 g/mol. The third-order valence-electron chi connectivity index (χ3n) is 4.98. The van der Waals surface area contributed by atoms with Gasteiger partial charge in [0.1, 0.15) is 0 Å². The number of H-pyrrole nitrogens is 1. The van der Waals surface area contributed by atoms with Crippen LogP contribution >= 0.6 is 23.2 Å². The van der Waals surface area contributed by atoms with Crippen LogP contribution in [0.15, 0.2) is 29.2 Å². The number of rotatable bonds is 4. The maximum absolute atomic E-state index is 12.9. The predicted molar refractivity (Wildman–Crippen MR) is 103 cm³/mol. The highest BCUT2D eigenvalue weighted by Crippen LogP contribution is 2.37. The Kier molecular flexibility index (Phi) is 4.44. The van der Waals surface area contributed by atoms with Crippen LogP contribution in [-0.2, 0) is 6.42 Å². The summed E-state index contributed by atoms with van der Waals surface area (Å²) in [4.78, 5) is 27.8. The SMILES string of the molecule is Cc1cn2nnc(C(=O)NC3(Cc4ccc(Cl)cc4Cl)CCC3)c2c(=O)[nH]1. The van der Waals surface area contributed by atoms with E-state index in [0.717, 1.165) is 24.8 Å². The van der Waals surface area contributed by atoms with Gasteiger partial charge in [-0.25, -0.2) is 4.52 Å². The molecule has 3 aromatic rings. The van der Waals surface area contributed by atoms with Crippen LogP contribution in [0.2, 0.25) is 10.0 Å². The summed E-state index contributed by atoms with van der Waals surface area (Å²) in [6.07, 6.45) is 4.86. The second-order valence-corrected chi connectivity index (χ2v) is 7.84. The molecule has 140 valence electrons. The van der Waals surface area contributed by atoms with Gasteiger partial charge >= 0.3 is 0 Å². The number of nitrogens with zero attached hydrogens (tertiary/aromatic N) is 3. The number of hydrogen-bond donors (Lipinski definition) is 2. The van der Waals surface area contributed by atoms with Crippen LogP contribution in [0.4, 0.5) is 0 Å². The molecule has 0 saturated heterocycles. The summed E-state index contributed by atoms with van der Waals surface area (Å²) in [6, 6.07) is 5.35. The smallest absolute Gasteiger partial charge is 0.276 e. The van der Waals surface area contributed by atoms with Gasteiger partial charge in [-0.05, 0) is 50.3 Å². The number of benzene rings is 1. The number of carbonyl (C=O) groups is 1. The summed E-state index contributed by atoms with van der Waals surface area (Å²) < 4.78 is 1.33. The lowest BCUT2D eigenvalue weighted by atomic mass is 9.72. The number of amides is 1. The molecule has 0 unspecified atom stereocenters. The Morgan fingerprint density at radius 3 is 2.81 bits per heavy atom. The molecule has 0 spiro atoms. The van der Waals surface area contributed by atoms with Crippen LogP contribution in [0.5, 0.6) is 0 Å². The van der Waals surface area contributed by atoms with E-state index in [2.05, 4.69) is 20.6 Å². The fourth-order valence-corrected chi connectivity index (χ4v) is 3.96. The van der Waals surface area contributed by atoms with Gasteiger partial charge in [-0.3, -0.25) is 9.59 Å². The minimum absolute atomic E-state index is 0.0183. The molecule has 9 heteroatoms. The Balaban J connectivity index is 1.62. The highest BCUT2D eigenvalue weighted by molar-refractivity contribution is 6.35. The molecule has 1 fully saturated rings. The van der Waals surface area contributed by atoms with Crippen molar-refractivity contribution in [1.82, 2.24) is 25.1 Å². The molecule has 2 heterocycles. The number of aryl methyl sites for hydroxylation is 1. The van der Waals surface area contributed by atoms with Gasteiger partial charge < -0.3 is 10.3 Å². The zero-order chi connectivity index (χ0) is 19.2. The second-order valence-electron chi connectivity index (χ2n) is 7.00. The van der Waals surface area contributed by atoms with Gasteiger partial charge in [0.2, 0.25) is 0 Å². The van der Waals surface area contributed by atoms with Crippen molar-refractivity contribution in [3.8, 4) is 0 Å². The average Bonchev–Trinajstić information content (AvgIpc) is 2.99. The Bertz CT molecular complexity index is 1100. The van der Waals surface area contributed by atoms with Crippen LogP contribution < -0.4 is 10.9 Å². The summed E-state index contributed by atoms with van der Waals surface area (Å²) in [5, 5.41) is 12.0. The second kappa shape index (κ2) is 6.65. The molecule has 4 rings (SSSR count). The molecule has 2 N–H and O–H groups in total. The molecule has 1 aromatic carbocycles. The van der Waals surface area contributed by atoms with Gasteiger partial charge in [-0.2, -0.15) is 0 Å². The van der Waals surface area contributed by atoms with E-state index in [4.69, 9.17) is 23.2 Å². The first-order chi connectivity index (χ1) is 12.9. The summed E-state index contributed by atoms with van der Waals surface area (Å²) in [5.74, 6) is -0.413. The zero-order valence-electron chi connectivity index (χ0n) is 14.6. The predicted octanol–water partition coefficient (Wildman–Crippen LogP) is 2.93. The highest BCUT2D eigenvalue weighted by atomic mass is 35.5. The van der Waals surface area contributed by atoms with E-state index < -0.39 is 17.0 Å². The molecule has 0 bridgehead atoms. The standard InChI is InChI=1S/C18H17Cl2N5O2/c1-10-9-25-15(17(27)21-10)14(23-24-25)16(26)22-18(5-2-6-18)8-11-3-4-12(19)7-13(11)20/h3-4,7,9H,2,5-6,8H2,1H3,(H,21,27)(H,22,26). The van der Waals surface area contributed by atoms with Crippen molar-refractivity contribution in [2.75, 3.05) is 0 Å². The van der Waals surface area contributed by atoms with E-state index in [0.29, 0.717) is 22.2 Å². The molecule has 7 nitrogen and oxygen atoms in total. The summed E-state index contributed by atoms with van der Waals surface area (Å²) in [5.41, 5.74) is 0.900. The fraction of sp³-hybridized carbons (Fsp3) is 0.333. The molecular formula is C18H17Cl2N5O2. The van der Waals surface area contributed by atoms with Crippen molar-refractivity contribution in [3.63, 3.8) is 0 Å². The first-order valence-corrected chi connectivity index (χ1v) is 9.34. The average molecular weight is 406 g/mol. The number of nitrogens with one attached hydrogen (secondary N) is 2. The molecule has 0 atom stereocenters. The van der Waals surface area contributed by atoms with Crippen molar-refractivity contribution in [1.29, 1.82) is 0 Å². The summed E-state index contributed by atoms with van der Waals surface area (Å²) in [6.45, 7) is 1.74. The van der Waals surface area contributed by atoms with Crippen LogP contribution in [0.25, 0.3) is 5.52 Å². The lowest BCUT2D eigenvalue weighted by Crippen LogP contribution is -2.55. The molecule has 1 saturated carbocycles. The number of aromatic nitrogens is 4. The van der Waals surface area contributed by atoms with Crippen LogP contribution in [-0.4, -0.2) is 31.3 Å². The molecule has 0 aliphatic heterocycles. The maximum atomic E-state index is 12.9. The number of carbonyl (C=O) groups excluding carboxylic acids is 1. The van der Waals surface area contributed by atoms with Gasteiger partial charge in [-0.1, -0.05) is 34.5 Å². The summed E-state index contributed by atoms with van der Waals surface area (Å²) >= 11 is 12.3. The third-order valence-corrected chi connectivity index (χ3v) is 5.57. The topological polar surface area (TPSA) is 92.2 Å². The van der Waals surface area contributed by atoms with Gasteiger partial charge in [0, 0.05) is 21.3 Å². The molecule has 1 amide bonds. The van der Waals surface area contributed by atoms with Crippen molar-refractivity contribution >= 4 is 34.6 Å². The van der Waals surface area contributed by atoms with Crippen molar-refractivity contribution < 1.29 is 4.79 Å². The van der Waals surface area contributed by atoms with Gasteiger partial charge in [0.25, 0.3) is 11.5 Å². The van der Waals surface area contributed by atoms with E-state index in [9.17, 15) is 9.59 Å². The molecule has 27 heavy (non-hydrogen) atoms. The first-order valence-electron chi connectivity index (χ1n) is 8.58. The maximum Gasteiger partial charge on any atom is 0.276 e. The largest absolute Gasteiger partial charge is 0.345 e. The van der Waals surface area contributed by atoms with Gasteiger partial charge in [0.15, 0.2) is 11.2 Å². The quantitative estimate of drug-likeness (QED) is 0.697. The number of halogens is 2. The highest BCUT2D eigenvalue weighted by Gasteiger charge is 2.40. The van der Waals surface area contributed by atoms with Crippen LogP contribution in [0, 0.1) is 6.92 Å². The first kappa shape index (κ1) is 18.0. The van der Waals surface area contributed by atoms with Crippen LogP contribution in [0.1, 0.15) is 41.0 Å². The van der Waals surface area contributed by atoms with E-state index in [1.807, 2.05) is 6.07 Å². The number of fused-ring (bicyclic) bond motifs is 1. The van der Waals surface area contributed by atoms with E-state index >= 15 is 0 Å². The minimum atomic E-state index is -0.415. The Morgan fingerprint density at radius 1 is 1.37 bits per heavy atom. The lowest BCUT2D eigenvalue weighted by Gasteiger charge is -2.42. The van der Waals surface area contributed by atoms with Crippen molar-refractivity contribution in [3.05, 3.63) is 61.7 Å². The molecular weight excluding hydrogens is 389 g/mol. The van der Waals surface area contributed by atoms with E-state index in [-0.39, 0.29) is 11.2 Å². The number of hydrogen-bond acceptors (Lipinski definition) is 4. The normalized spacial score (nSPS) is 15.5. The number of aromatic amines is 1. The Morgan fingerprint density at radius 2 is 2.15 bits per heavy atom. The summed E-state index contributed by atoms with van der Waals surface area (Å²) in [7, 11) is 0. The van der Waals surface area contributed by atoms with Gasteiger partial charge in [-0.15, -0.1) is 5.10 Å². The molecule has 1 aliphatic carbocycles. The van der Waals surface area contributed by atoms with E-state index in [1.165, 1.54) is 4.52 Å². The minimum Gasteiger partial charge on any atom is -0.345 e. The Labute approximate surface area is 164 Å². The van der Waals surface area contributed by atoms with E-state index in [1.54, 1.807) is 25.3 Å². The molecule has 0 radical (unpaired) electrons. The molecule has 1 aliphatic rings. The lowest BCUT2D eigenvalue weighted by molar-refractivity contribution is 0.0823. The zero-order valence-corrected chi connectivity index (χ0v) is 16.1. The van der Waals surface area contributed by atoms with Crippen molar-refractivity contribution in [2.24, 2.45) is 0 Å². The van der Waals surface area contributed by atoms with Crippen LogP contribution in [0.3, 0.4) is 0 Å². The third kappa shape index (κ3) is 3.33. The molecule has 2 aromatic heterocycles. The van der Waals surface area contributed by atoms with Crippen molar-refractivity contribution in [2.45, 2.75) is 38.1 Å². The van der Waals surface area contributed by atoms with Gasteiger partial charge in [0.05, 0.1) is 6.20 Å².